The number of aliphatic hydroxyl groups is 1. The van der Waals surface area contributed by atoms with Crippen molar-refractivity contribution < 1.29 is 19.4 Å². The first-order chi connectivity index (χ1) is 16.1. The van der Waals surface area contributed by atoms with Crippen molar-refractivity contribution in [3.63, 3.8) is 0 Å². The molecule has 5 rings (SSSR count). The number of amides is 3. The van der Waals surface area contributed by atoms with Crippen LogP contribution < -0.4 is 10.1 Å². The number of urea groups is 1. The molecule has 7 heteroatoms. The smallest absolute Gasteiger partial charge is 0.322 e. The highest BCUT2D eigenvalue weighted by atomic mass is 16.5. The quantitative estimate of drug-likeness (QED) is 0.736. The normalized spacial score (nSPS) is 24.1. The maximum Gasteiger partial charge on any atom is 0.322 e. The van der Waals surface area contributed by atoms with Crippen molar-refractivity contribution >= 4 is 23.2 Å². The molecule has 172 valence electrons. The molecule has 2 aromatic carbocycles. The number of ether oxygens (including phenoxy) is 1. The van der Waals surface area contributed by atoms with Gasteiger partial charge in [-0.05, 0) is 48.1 Å². The Morgan fingerprint density at radius 1 is 1.21 bits per heavy atom. The molecule has 3 amide bonds. The topological polar surface area (TPSA) is 82.1 Å². The van der Waals surface area contributed by atoms with E-state index in [4.69, 9.17) is 4.74 Å². The molecule has 2 N–H and O–H groups in total. The molecular formula is C26H29N3O4. The van der Waals surface area contributed by atoms with Gasteiger partial charge in [-0.1, -0.05) is 36.4 Å². The fourth-order valence-electron chi connectivity index (χ4n) is 5.41. The summed E-state index contributed by atoms with van der Waals surface area (Å²) in [6.45, 7) is 0.341. The molecule has 0 aromatic heterocycles. The number of nitrogens with zero attached hydrogens (tertiary/aromatic N) is 2. The number of anilines is 1. The summed E-state index contributed by atoms with van der Waals surface area (Å²) < 4.78 is 5.21. The van der Waals surface area contributed by atoms with Gasteiger partial charge in [-0.2, -0.15) is 0 Å². The number of aliphatic hydroxyl groups excluding tert-OH is 1. The first-order valence-electron chi connectivity index (χ1n) is 11.5. The minimum Gasteiger partial charge on any atom is -0.497 e. The number of hydrogen-bond donors (Lipinski definition) is 2. The molecule has 2 aromatic rings. The maximum atomic E-state index is 12.9. The average Bonchev–Trinajstić information content (AvgIpc) is 3.36. The number of nitrogens with one attached hydrogen (secondary N) is 1. The van der Waals surface area contributed by atoms with Crippen molar-refractivity contribution in [3.05, 3.63) is 65.7 Å². The van der Waals surface area contributed by atoms with E-state index in [1.807, 2.05) is 0 Å². The van der Waals surface area contributed by atoms with Gasteiger partial charge in [0.15, 0.2) is 0 Å². The number of carbonyl (C=O) groups excluding carboxylic acids is 2. The van der Waals surface area contributed by atoms with E-state index in [9.17, 15) is 14.7 Å². The molecule has 2 saturated heterocycles. The van der Waals surface area contributed by atoms with E-state index in [-0.39, 0.29) is 43.1 Å². The van der Waals surface area contributed by atoms with E-state index in [1.165, 1.54) is 17.6 Å². The molecule has 3 atom stereocenters. The molecule has 0 bridgehead atoms. The van der Waals surface area contributed by atoms with E-state index >= 15 is 0 Å². The zero-order valence-electron chi connectivity index (χ0n) is 18.7. The summed E-state index contributed by atoms with van der Waals surface area (Å²) >= 11 is 0. The number of fused-ring (bicyclic) bond motifs is 1. The van der Waals surface area contributed by atoms with Crippen molar-refractivity contribution in [1.82, 2.24) is 9.80 Å². The number of methoxy groups -OCH3 is 1. The zero-order chi connectivity index (χ0) is 22.9. The van der Waals surface area contributed by atoms with Crippen LogP contribution in [0.15, 0.2) is 54.6 Å². The second kappa shape index (κ2) is 8.90. The summed E-state index contributed by atoms with van der Waals surface area (Å²) in [4.78, 5) is 29.1. The number of hydrogen-bond acceptors (Lipinski definition) is 4. The van der Waals surface area contributed by atoms with Gasteiger partial charge in [0.1, 0.15) is 12.3 Å². The number of rotatable bonds is 5. The Balaban J connectivity index is 1.32. The van der Waals surface area contributed by atoms with Gasteiger partial charge < -0.3 is 25.0 Å². The maximum absolute atomic E-state index is 12.9. The summed E-state index contributed by atoms with van der Waals surface area (Å²) in [6, 6.07) is 14.9. The van der Waals surface area contributed by atoms with Crippen LogP contribution in [-0.4, -0.2) is 65.7 Å². The van der Waals surface area contributed by atoms with Crippen LogP contribution in [0.2, 0.25) is 0 Å². The molecule has 2 aliphatic heterocycles. The van der Waals surface area contributed by atoms with Gasteiger partial charge in [0.05, 0.1) is 25.8 Å². The second-order valence-electron chi connectivity index (χ2n) is 8.93. The monoisotopic (exact) mass is 447 g/mol. The van der Waals surface area contributed by atoms with E-state index in [2.05, 4.69) is 35.7 Å². The van der Waals surface area contributed by atoms with Crippen LogP contribution in [0.1, 0.15) is 36.3 Å². The standard InChI is InChI=1S/C26H29N3O4/c1-33-21-8-4-7-20(13-21)27-26(32)28-14-22-25(23(16-30)29(22)24(31)15-28)19-11-9-18(10-12-19)17-5-2-3-6-17/h4-5,7-13,22-23,25,30H,2-3,6,14-16H2,1H3,(H,27,32)/t22-,23+,25+/m0/s1. The van der Waals surface area contributed by atoms with Crippen LogP contribution in [-0.2, 0) is 4.79 Å². The predicted molar refractivity (Wildman–Crippen MR) is 126 cm³/mol. The lowest BCUT2D eigenvalue weighted by Gasteiger charge is -2.58. The Hall–Kier alpha value is -3.32. The van der Waals surface area contributed by atoms with Crippen LogP contribution in [0.25, 0.3) is 5.57 Å². The van der Waals surface area contributed by atoms with E-state index in [1.54, 1.807) is 41.2 Å². The van der Waals surface area contributed by atoms with Gasteiger partial charge in [0.25, 0.3) is 0 Å². The van der Waals surface area contributed by atoms with Crippen molar-refractivity contribution in [3.8, 4) is 5.75 Å². The van der Waals surface area contributed by atoms with Gasteiger partial charge in [-0.3, -0.25) is 4.79 Å². The molecule has 0 unspecified atom stereocenters. The fraction of sp³-hybridized carbons (Fsp3) is 0.385. The Labute approximate surface area is 193 Å². The van der Waals surface area contributed by atoms with Gasteiger partial charge in [0, 0.05) is 24.2 Å². The van der Waals surface area contributed by atoms with Crippen LogP contribution in [0, 0.1) is 0 Å². The highest BCUT2D eigenvalue weighted by Gasteiger charge is 2.54. The van der Waals surface area contributed by atoms with E-state index < -0.39 is 0 Å². The third-order valence-electron chi connectivity index (χ3n) is 7.07. The summed E-state index contributed by atoms with van der Waals surface area (Å²) in [5, 5.41) is 12.9. The van der Waals surface area contributed by atoms with Gasteiger partial charge >= 0.3 is 6.03 Å². The lowest BCUT2D eigenvalue weighted by atomic mass is 9.73. The molecule has 2 fully saturated rings. The highest BCUT2D eigenvalue weighted by Crippen LogP contribution is 2.43. The molecule has 3 aliphatic rings. The molecule has 2 heterocycles. The fourth-order valence-corrected chi connectivity index (χ4v) is 5.41. The van der Waals surface area contributed by atoms with E-state index in [0.717, 1.165) is 18.4 Å². The molecule has 33 heavy (non-hydrogen) atoms. The third-order valence-corrected chi connectivity index (χ3v) is 7.07. The minimum atomic E-state index is -0.314. The Kier molecular flexibility index (Phi) is 5.81. The SMILES string of the molecule is COc1cccc(NC(=O)N2CC(=O)N3[C@H](CO)[C@H](c4ccc(C5=CCCC5)cc4)[C@@H]3C2)c1. The number of allylic oxidation sites excluding steroid dienone is 2. The first kappa shape index (κ1) is 21.5. The Bertz CT molecular complexity index is 1080. The summed E-state index contributed by atoms with van der Waals surface area (Å²) in [7, 11) is 1.57. The largest absolute Gasteiger partial charge is 0.497 e. The van der Waals surface area contributed by atoms with Crippen molar-refractivity contribution in [2.24, 2.45) is 0 Å². The van der Waals surface area contributed by atoms with Gasteiger partial charge in [0.2, 0.25) is 5.91 Å². The van der Waals surface area contributed by atoms with Gasteiger partial charge in [-0.15, -0.1) is 0 Å². The lowest BCUT2D eigenvalue weighted by molar-refractivity contribution is -0.159. The Morgan fingerprint density at radius 2 is 2.03 bits per heavy atom. The number of piperazine rings is 1. The first-order valence-corrected chi connectivity index (χ1v) is 11.5. The van der Waals surface area contributed by atoms with Crippen LogP contribution in [0.4, 0.5) is 10.5 Å². The van der Waals surface area contributed by atoms with Gasteiger partial charge in [-0.25, -0.2) is 4.79 Å². The number of benzene rings is 2. The molecule has 1 aliphatic carbocycles. The van der Waals surface area contributed by atoms with Crippen LogP contribution in [0.5, 0.6) is 5.75 Å². The molecule has 0 spiro atoms. The van der Waals surface area contributed by atoms with Crippen LogP contribution in [0.3, 0.4) is 0 Å². The van der Waals surface area contributed by atoms with Crippen molar-refractivity contribution in [2.75, 3.05) is 32.1 Å². The van der Waals surface area contributed by atoms with Crippen LogP contribution >= 0.6 is 0 Å². The third kappa shape index (κ3) is 3.97. The molecular weight excluding hydrogens is 418 g/mol. The molecule has 0 saturated carbocycles. The average molecular weight is 448 g/mol. The number of carbonyl (C=O) groups is 2. The molecule has 7 nitrogen and oxygen atoms in total. The highest BCUT2D eigenvalue weighted by molar-refractivity contribution is 5.94. The van der Waals surface area contributed by atoms with Crippen molar-refractivity contribution in [2.45, 2.75) is 37.3 Å². The van der Waals surface area contributed by atoms with Crippen molar-refractivity contribution in [1.29, 1.82) is 0 Å². The zero-order valence-corrected chi connectivity index (χ0v) is 18.7. The molecule has 0 radical (unpaired) electrons. The summed E-state index contributed by atoms with van der Waals surface area (Å²) in [5.74, 6) is 0.517. The van der Waals surface area contributed by atoms with E-state index in [0.29, 0.717) is 18.0 Å². The minimum absolute atomic E-state index is 0.00187. The summed E-state index contributed by atoms with van der Waals surface area (Å²) in [5.41, 5.74) is 4.35. The Morgan fingerprint density at radius 3 is 2.73 bits per heavy atom. The lowest BCUT2D eigenvalue weighted by Crippen LogP contribution is -2.73. The predicted octanol–water partition coefficient (Wildman–Crippen LogP) is 3.47. The second-order valence-corrected chi connectivity index (χ2v) is 8.93. The summed E-state index contributed by atoms with van der Waals surface area (Å²) in [6.07, 6.45) is 5.76.